The number of Topliss-reactive ketones (excluding diaryl/α,β-unsaturated/α-hetero) is 1. The van der Waals surface area contributed by atoms with E-state index >= 15 is 0 Å². The van der Waals surface area contributed by atoms with Gasteiger partial charge >= 0.3 is 5.97 Å². The Morgan fingerprint density at radius 2 is 2.04 bits per heavy atom. The number of carbonyl (C=O) groups is 2. The van der Waals surface area contributed by atoms with Crippen LogP contribution in [-0.4, -0.2) is 36.7 Å². The van der Waals surface area contributed by atoms with Gasteiger partial charge < -0.3 is 14.6 Å². The van der Waals surface area contributed by atoms with Gasteiger partial charge in [0.1, 0.15) is 11.5 Å². The Morgan fingerprint density at radius 3 is 2.76 bits per heavy atom. The number of hydrogen-bond donors (Lipinski definition) is 1. The number of ether oxygens (including phenoxy) is 2. The average Bonchev–Trinajstić information content (AvgIpc) is 2.89. The highest BCUT2D eigenvalue weighted by Gasteiger charge is 2.41. The van der Waals surface area contributed by atoms with Crippen molar-refractivity contribution in [2.45, 2.75) is 38.2 Å². The summed E-state index contributed by atoms with van der Waals surface area (Å²) in [4.78, 5) is 23.2. The minimum absolute atomic E-state index is 0.0911. The lowest BCUT2D eigenvalue weighted by Crippen LogP contribution is -2.26. The van der Waals surface area contributed by atoms with Gasteiger partial charge in [-0.25, -0.2) is 0 Å². The lowest BCUT2D eigenvalue weighted by molar-refractivity contribution is -0.140. The van der Waals surface area contributed by atoms with E-state index in [1.807, 2.05) is 42.5 Å². The fourth-order valence-electron chi connectivity index (χ4n) is 3.09. The molecule has 0 saturated heterocycles. The highest BCUT2D eigenvalue weighted by atomic mass is 16.5. The van der Waals surface area contributed by atoms with Crippen molar-refractivity contribution < 1.29 is 24.2 Å². The van der Waals surface area contributed by atoms with Gasteiger partial charge in [0.2, 0.25) is 0 Å². The van der Waals surface area contributed by atoms with E-state index in [0.29, 0.717) is 19.4 Å². The van der Waals surface area contributed by atoms with E-state index in [2.05, 4.69) is 4.74 Å². The number of esters is 1. The molecular weight excluding hydrogens is 320 g/mol. The van der Waals surface area contributed by atoms with Crippen molar-refractivity contribution in [3.63, 3.8) is 0 Å². The van der Waals surface area contributed by atoms with Gasteiger partial charge in [-0.3, -0.25) is 9.59 Å². The summed E-state index contributed by atoms with van der Waals surface area (Å²) in [5.41, 5.74) is 0. The van der Waals surface area contributed by atoms with Gasteiger partial charge in [-0.2, -0.15) is 0 Å². The van der Waals surface area contributed by atoms with Crippen molar-refractivity contribution in [2.75, 3.05) is 13.7 Å². The molecule has 0 radical (unpaired) electrons. The van der Waals surface area contributed by atoms with Crippen LogP contribution in [0.25, 0.3) is 0 Å². The molecule has 0 amide bonds. The number of benzene rings is 1. The van der Waals surface area contributed by atoms with Crippen LogP contribution in [0.4, 0.5) is 0 Å². The standard InChI is InChI=1S/C20H26O5/c1-24-20(23)12-8-3-2-7-11-16-17(19(22)13-18(16)21)14-25-15-9-5-4-6-10-15/h2,4-7,9-10,16-17,19,22H,3,8,11-14H2,1H3/t16-,17-,19-/m1/s1. The second-order valence-corrected chi connectivity index (χ2v) is 6.31. The summed E-state index contributed by atoms with van der Waals surface area (Å²) in [6.07, 6.45) is 5.99. The third-order valence-electron chi connectivity index (χ3n) is 4.56. The van der Waals surface area contributed by atoms with Crippen LogP contribution in [0, 0.1) is 11.8 Å². The first-order valence-electron chi connectivity index (χ1n) is 8.72. The summed E-state index contributed by atoms with van der Waals surface area (Å²) in [5, 5.41) is 10.2. The van der Waals surface area contributed by atoms with Gasteiger partial charge in [-0.1, -0.05) is 30.4 Å². The highest BCUT2D eigenvalue weighted by molar-refractivity contribution is 5.84. The fourth-order valence-corrected chi connectivity index (χ4v) is 3.09. The molecule has 1 N–H and O–H groups in total. The van der Waals surface area contributed by atoms with Crippen LogP contribution < -0.4 is 4.74 Å². The quantitative estimate of drug-likeness (QED) is 0.423. The van der Waals surface area contributed by atoms with Crippen LogP contribution in [0.15, 0.2) is 42.5 Å². The van der Waals surface area contributed by atoms with Gasteiger partial charge in [0.05, 0.1) is 19.8 Å². The van der Waals surface area contributed by atoms with Crippen molar-refractivity contribution in [1.82, 2.24) is 0 Å². The van der Waals surface area contributed by atoms with E-state index in [4.69, 9.17) is 4.74 Å². The normalized spacial score (nSPS) is 23.1. The average molecular weight is 346 g/mol. The number of aliphatic hydroxyl groups is 1. The molecule has 0 heterocycles. The van der Waals surface area contributed by atoms with Crippen molar-refractivity contribution in [3.8, 4) is 5.75 Å². The molecule has 1 saturated carbocycles. The molecule has 136 valence electrons. The van der Waals surface area contributed by atoms with Crippen LogP contribution in [-0.2, 0) is 14.3 Å². The van der Waals surface area contributed by atoms with Crippen molar-refractivity contribution in [2.24, 2.45) is 11.8 Å². The predicted octanol–water partition coefficient (Wildman–Crippen LogP) is 2.92. The van der Waals surface area contributed by atoms with E-state index in [1.54, 1.807) is 0 Å². The number of aliphatic hydroxyl groups excluding tert-OH is 1. The van der Waals surface area contributed by atoms with Gasteiger partial charge in [-0.15, -0.1) is 0 Å². The zero-order valence-electron chi connectivity index (χ0n) is 14.6. The Bertz CT molecular complexity index is 581. The molecular formula is C20H26O5. The molecule has 0 spiro atoms. The maximum Gasteiger partial charge on any atom is 0.305 e. The molecule has 0 aromatic heterocycles. The van der Waals surface area contributed by atoms with E-state index in [-0.39, 0.29) is 30.0 Å². The molecule has 2 rings (SSSR count). The molecule has 1 fully saturated rings. The third kappa shape index (κ3) is 6.02. The highest BCUT2D eigenvalue weighted by Crippen LogP contribution is 2.32. The lowest BCUT2D eigenvalue weighted by atomic mass is 9.91. The van der Waals surface area contributed by atoms with Crippen LogP contribution in [0.2, 0.25) is 0 Å². The molecule has 25 heavy (non-hydrogen) atoms. The number of allylic oxidation sites excluding steroid dienone is 2. The molecule has 5 heteroatoms. The van der Waals surface area contributed by atoms with Gasteiger partial charge in [0.25, 0.3) is 0 Å². The Balaban J connectivity index is 1.80. The molecule has 0 bridgehead atoms. The second-order valence-electron chi connectivity index (χ2n) is 6.31. The summed E-state index contributed by atoms with van der Waals surface area (Å²) in [6, 6.07) is 9.41. The summed E-state index contributed by atoms with van der Waals surface area (Å²) >= 11 is 0. The first-order chi connectivity index (χ1) is 12.1. The monoisotopic (exact) mass is 346 g/mol. The smallest absolute Gasteiger partial charge is 0.305 e. The van der Waals surface area contributed by atoms with Crippen molar-refractivity contribution in [1.29, 1.82) is 0 Å². The minimum atomic E-state index is -0.645. The summed E-state index contributed by atoms with van der Waals surface area (Å²) in [7, 11) is 1.38. The molecule has 1 aliphatic rings. The number of hydrogen-bond acceptors (Lipinski definition) is 5. The predicted molar refractivity (Wildman–Crippen MR) is 94.2 cm³/mol. The Hall–Kier alpha value is -2.14. The number of carbonyl (C=O) groups excluding carboxylic acids is 2. The summed E-state index contributed by atoms with van der Waals surface area (Å²) in [6.45, 7) is 0.331. The molecule has 1 aromatic rings. The van der Waals surface area contributed by atoms with Crippen LogP contribution in [0.1, 0.15) is 32.1 Å². The van der Waals surface area contributed by atoms with E-state index < -0.39 is 6.10 Å². The first kappa shape index (κ1) is 19.2. The molecule has 5 nitrogen and oxygen atoms in total. The third-order valence-corrected chi connectivity index (χ3v) is 4.56. The van der Waals surface area contributed by atoms with Crippen LogP contribution >= 0.6 is 0 Å². The molecule has 1 aliphatic carbocycles. The largest absolute Gasteiger partial charge is 0.493 e. The van der Waals surface area contributed by atoms with E-state index in [1.165, 1.54) is 7.11 Å². The van der Waals surface area contributed by atoms with Gasteiger partial charge in [0, 0.05) is 24.7 Å². The number of methoxy groups -OCH3 is 1. The minimum Gasteiger partial charge on any atom is -0.493 e. The zero-order valence-corrected chi connectivity index (χ0v) is 14.6. The fraction of sp³-hybridized carbons (Fsp3) is 0.500. The topological polar surface area (TPSA) is 72.8 Å². The molecule has 0 unspecified atom stereocenters. The molecule has 3 atom stereocenters. The van der Waals surface area contributed by atoms with Gasteiger partial charge in [0.15, 0.2) is 0 Å². The second kappa shape index (κ2) is 9.99. The first-order valence-corrected chi connectivity index (χ1v) is 8.72. The number of ketones is 1. The lowest BCUT2D eigenvalue weighted by Gasteiger charge is -2.20. The number of rotatable bonds is 9. The zero-order chi connectivity index (χ0) is 18.1. The van der Waals surface area contributed by atoms with Crippen LogP contribution in [0.3, 0.4) is 0 Å². The summed E-state index contributed by atoms with van der Waals surface area (Å²) < 4.78 is 10.3. The van der Waals surface area contributed by atoms with Crippen molar-refractivity contribution >= 4 is 11.8 Å². The maximum absolute atomic E-state index is 12.1. The van der Waals surface area contributed by atoms with Crippen LogP contribution in [0.5, 0.6) is 5.75 Å². The van der Waals surface area contributed by atoms with E-state index in [9.17, 15) is 14.7 Å². The number of unbranched alkanes of at least 4 members (excludes halogenated alkanes) is 1. The SMILES string of the molecule is COC(=O)CCCC=CC[C@H]1C(=O)C[C@@H](O)[C@@H]1COc1ccccc1. The summed E-state index contributed by atoms with van der Waals surface area (Å²) in [5.74, 6) is 0.225. The number of para-hydroxylation sites is 1. The van der Waals surface area contributed by atoms with E-state index in [0.717, 1.165) is 18.6 Å². The molecule has 1 aromatic carbocycles. The Morgan fingerprint density at radius 1 is 1.28 bits per heavy atom. The Kier molecular flexibility index (Phi) is 7.67. The van der Waals surface area contributed by atoms with Gasteiger partial charge in [-0.05, 0) is 31.4 Å². The molecule has 0 aliphatic heterocycles. The maximum atomic E-state index is 12.1. The van der Waals surface area contributed by atoms with Crippen molar-refractivity contribution in [3.05, 3.63) is 42.5 Å². The Labute approximate surface area is 148 Å².